The minimum Gasteiger partial charge on any atom is -0.290 e. The molecule has 2 aromatic rings. The molecule has 1 amide bonds. The first kappa shape index (κ1) is 16.5. The average molecular weight is 346 g/mol. The second-order valence-electron chi connectivity index (χ2n) is 5.52. The summed E-state index contributed by atoms with van der Waals surface area (Å²) >= 11 is 0. The van der Waals surface area contributed by atoms with Crippen LogP contribution in [0.3, 0.4) is 0 Å². The van der Waals surface area contributed by atoms with Crippen molar-refractivity contribution in [2.45, 2.75) is 24.2 Å². The normalized spacial score (nSPS) is 15.8. The van der Waals surface area contributed by atoms with E-state index in [0.717, 1.165) is 19.3 Å². The van der Waals surface area contributed by atoms with Crippen molar-refractivity contribution in [3.8, 4) is 0 Å². The molecule has 8 heteroatoms. The van der Waals surface area contributed by atoms with E-state index in [-0.39, 0.29) is 16.8 Å². The standard InChI is InChI=1S/C16H18N4O3S/c21-15(19-16-17-9-4-10-18-16)13-5-7-14(8-6-13)24(22,23)20-11-2-1-3-12-20/h4-10H,1-3,11-12H2,(H,17,18,19,21). The van der Waals surface area contributed by atoms with Gasteiger partial charge in [-0.25, -0.2) is 18.4 Å². The minimum atomic E-state index is -3.49. The Kier molecular flexibility index (Phi) is 4.86. The molecule has 1 aromatic carbocycles. The largest absolute Gasteiger partial charge is 0.290 e. The Bertz CT molecular complexity index is 801. The molecule has 0 spiro atoms. The summed E-state index contributed by atoms with van der Waals surface area (Å²) in [5.74, 6) is -0.185. The molecule has 0 atom stereocenters. The van der Waals surface area contributed by atoms with E-state index in [1.54, 1.807) is 6.07 Å². The highest BCUT2D eigenvalue weighted by molar-refractivity contribution is 7.89. The summed E-state index contributed by atoms with van der Waals surface area (Å²) in [6, 6.07) is 7.56. The molecule has 1 N–H and O–H groups in total. The summed E-state index contributed by atoms with van der Waals surface area (Å²) in [6.45, 7) is 1.10. The highest BCUT2D eigenvalue weighted by atomic mass is 32.2. The number of anilines is 1. The molecule has 1 aliphatic heterocycles. The van der Waals surface area contributed by atoms with Crippen molar-refractivity contribution in [1.82, 2.24) is 14.3 Å². The van der Waals surface area contributed by atoms with Crippen LogP contribution in [0.15, 0.2) is 47.6 Å². The molecule has 126 valence electrons. The number of sulfonamides is 1. The molecule has 1 aliphatic rings. The number of carbonyl (C=O) groups is 1. The number of amides is 1. The van der Waals surface area contributed by atoms with Gasteiger partial charge in [0.1, 0.15) is 0 Å². The van der Waals surface area contributed by atoms with Crippen LogP contribution in [-0.4, -0.2) is 41.7 Å². The van der Waals surface area contributed by atoms with Gasteiger partial charge < -0.3 is 0 Å². The van der Waals surface area contributed by atoms with Crippen molar-refractivity contribution in [2.75, 3.05) is 18.4 Å². The van der Waals surface area contributed by atoms with Crippen LogP contribution in [0.4, 0.5) is 5.95 Å². The van der Waals surface area contributed by atoms with Gasteiger partial charge in [-0.1, -0.05) is 6.42 Å². The Hall–Kier alpha value is -2.32. The van der Waals surface area contributed by atoms with Crippen LogP contribution in [0.2, 0.25) is 0 Å². The Labute approximate surface area is 140 Å². The van der Waals surface area contributed by atoms with E-state index in [1.807, 2.05) is 0 Å². The average Bonchev–Trinajstić information content (AvgIpc) is 2.63. The lowest BCUT2D eigenvalue weighted by Gasteiger charge is -2.25. The lowest BCUT2D eigenvalue weighted by atomic mass is 10.2. The predicted octanol–water partition coefficient (Wildman–Crippen LogP) is 1.90. The van der Waals surface area contributed by atoms with Gasteiger partial charge in [0.25, 0.3) is 5.91 Å². The van der Waals surface area contributed by atoms with Crippen molar-refractivity contribution >= 4 is 21.9 Å². The highest BCUT2D eigenvalue weighted by Gasteiger charge is 2.25. The number of rotatable bonds is 4. The molecular formula is C16H18N4O3S. The van der Waals surface area contributed by atoms with Crippen molar-refractivity contribution in [3.63, 3.8) is 0 Å². The highest BCUT2D eigenvalue weighted by Crippen LogP contribution is 2.21. The molecule has 24 heavy (non-hydrogen) atoms. The fourth-order valence-corrected chi connectivity index (χ4v) is 4.09. The Morgan fingerprint density at radius 1 is 1.00 bits per heavy atom. The molecule has 0 unspecified atom stereocenters. The molecule has 1 aromatic heterocycles. The fourth-order valence-electron chi connectivity index (χ4n) is 2.57. The third-order valence-corrected chi connectivity index (χ3v) is 5.77. The SMILES string of the molecule is O=C(Nc1ncccn1)c1ccc(S(=O)(=O)N2CCCCC2)cc1. The van der Waals surface area contributed by atoms with Crippen molar-refractivity contribution in [3.05, 3.63) is 48.3 Å². The molecular weight excluding hydrogens is 328 g/mol. The molecule has 1 saturated heterocycles. The number of carbonyl (C=O) groups excluding carboxylic acids is 1. The quantitative estimate of drug-likeness (QED) is 0.913. The van der Waals surface area contributed by atoms with Crippen LogP contribution >= 0.6 is 0 Å². The Morgan fingerprint density at radius 2 is 1.62 bits per heavy atom. The van der Waals surface area contributed by atoms with E-state index in [2.05, 4.69) is 15.3 Å². The zero-order valence-corrected chi connectivity index (χ0v) is 13.9. The molecule has 0 aliphatic carbocycles. The minimum absolute atomic E-state index is 0.201. The zero-order valence-electron chi connectivity index (χ0n) is 13.1. The zero-order chi connectivity index (χ0) is 17.0. The van der Waals surface area contributed by atoms with Gasteiger partial charge in [-0.15, -0.1) is 0 Å². The van der Waals surface area contributed by atoms with Gasteiger partial charge >= 0.3 is 0 Å². The number of aromatic nitrogens is 2. The molecule has 7 nitrogen and oxygen atoms in total. The fraction of sp³-hybridized carbons (Fsp3) is 0.312. The first-order chi connectivity index (χ1) is 11.6. The van der Waals surface area contributed by atoms with E-state index in [0.29, 0.717) is 18.7 Å². The van der Waals surface area contributed by atoms with Gasteiger partial charge in [-0.3, -0.25) is 10.1 Å². The van der Waals surface area contributed by atoms with E-state index >= 15 is 0 Å². The van der Waals surface area contributed by atoms with Crippen LogP contribution in [0, 0.1) is 0 Å². The van der Waals surface area contributed by atoms with Gasteiger partial charge in [0.05, 0.1) is 4.90 Å². The molecule has 0 radical (unpaired) electrons. The second-order valence-corrected chi connectivity index (χ2v) is 7.45. The first-order valence-electron chi connectivity index (χ1n) is 7.76. The summed E-state index contributed by atoms with van der Waals surface area (Å²) in [5, 5.41) is 2.56. The Balaban J connectivity index is 1.74. The molecule has 3 rings (SSSR count). The van der Waals surface area contributed by atoms with Crippen LogP contribution in [0.5, 0.6) is 0 Å². The monoisotopic (exact) mass is 346 g/mol. The van der Waals surface area contributed by atoms with Gasteiger partial charge in [0.2, 0.25) is 16.0 Å². The lowest BCUT2D eigenvalue weighted by molar-refractivity contribution is 0.102. The van der Waals surface area contributed by atoms with Crippen molar-refractivity contribution < 1.29 is 13.2 Å². The smallest absolute Gasteiger partial charge is 0.258 e. The summed E-state index contributed by atoms with van der Waals surface area (Å²) in [7, 11) is -3.49. The van der Waals surface area contributed by atoms with Crippen LogP contribution < -0.4 is 5.32 Å². The number of piperidine rings is 1. The summed E-state index contributed by atoms with van der Waals surface area (Å²) in [5.41, 5.74) is 0.347. The van der Waals surface area contributed by atoms with E-state index in [1.165, 1.54) is 41.0 Å². The van der Waals surface area contributed by atoms with E-state index in [4.69, 9.17) is 0 Å². The van der Waals surface area contributed by atoms with Crippen molar-refractivity contribution in [2.24, 2.45) is 0 Å². The summed E-state index contributed by atoms with van der Waals surface area (Å²) in [4.78, 5) is 20.2. The third kappa shape index (κ3) is 3.60. The number of nitrogens with zero attached hydrogens (tertiary/aromatic N) is 3. The van der Waals surface area contributed by atoms with Crippen LogP contribution in [0.1, 0.15) is 29.6 Å². The number of benzene rings is 1. The van der Waals surface area contributed by atoms with Crippen LogP contribution in [0.25, 0.3) is 0 Å². The lowest BCUT2D eigenvalue weighted by Crippen LogP contribution is -2.35. The number of hydrogen-bond donors (Lipinski definition) is 1. The topological polar surface area (TPSA) is 92.3 Å². The van der Waals surface area contributed by atoms with E-state index < -0.39 is 10.0 Å². The maximum atomic E-state index is 12.6. The molecule has 1 fully saturated rings. The maximum Gasteiger partial charge on any atom is 0.258 e. The van der Waals surface area contributed by atoms with Gasteiger partial charge in [0.15, 0.2) is 0 Å². The van der Waals surface area contributed by atoms with Crippen LogP contribution in [-0.2, 0) is 10.0 Å². The molecule has 0 bridgehead atoms. The second kappa shape index (κ2) is 7.06. The van der Waals surface area contributed by atoms with Crippen molar-refractivity contribution in [1.29, 1.82) is 0 Å². The van der Waals surface area contributed by atoms with Gasteiger partial charge in [-0.2, -0.15) is 4.31 Å². The Morgan fingerprint density at radius 3 is 2.25 bits per heavy atom. The predicted molar refractivity (Wildman–Crippen MR) is 89.0 cm³/mol. The van der Waals surface area contributed by atoms with E-state index in [9.17, 15) is 13.2 Å². The molecule has 0 saturated carbocycles. The molecule has 2 heterocycles. The van der Waals surface area contributed by atoms with Gasteiger partial charge in [-0.05, 0) is 43.2 Å². The number of nitrogens with one attached hydrogen (secondary N) is 1. The maximum absolute atomic E-state index is 12.6. The summed E-state index contributed by atoms with van der Waals surface area (Å²) in [6.07, 6.45) is 5.88. The first-order valence-corrected chi connectivity index (χ1v) is 9.20. The summed E-state index contributed by atoms with van der Waals surface area (Å²) < 4.78 is 26.6. The van der Waals surface area contributed by atoms with Gasteiger partial charge in [0, 0.05) is 31.0 Å². The number of hydrogen-bond acceptors (Lipinski definition) is 5. The third-order valence-electron chi connectivity index (χ3n) is 3.86.